The second-order valence-corrected chi connectivity index (χ2v) is 8.10. The van der Waals surface area contributed by atoms with E-state index < -0.39 is 0 Å². The summed E-state index contributed by atoms with van der Waals surface area (Å²) in [4.78, 5) is 26.6. The molecule has 0 spiro atoms. The van der Waals surface area contributed by atoms with Gasteiger partial charge in [0, 0.05) is 38.8 Å². The van der Waals surface area contributed by atoms with Gasteiger partial charge in [-0.1, -0.05) is 0 Å². The van der Waals surface area contributed by atoms with Crippen molar-refractivity contribution >= 4 is 22.8 Å². The van der Waals surface area contributed by atoms with Gasteiger partial charge in [0.05, 0.1) is 24.0 Å². The molecule has 0 bridgehead atoms. The second kappa shape index (κ2) is 8.91. The molecule has 1 saturated heterocycles. The predicted octanol–water partition coefficient (Wildman–Crippen LogP) is 2.74. The molecule has 4 rings (SSSR count). The average molecular weight is 423 g/mol. The summed E-state index contributed by atoms with van der Waals surface area (Å²) in [5.74, 6) is 1.57. The zero-order chi connectivity index (χ0) is 22.0. The highest BCUT2D eigenvalue weighted by atomic mass is 16.5. The van der Waals surface area contributed by atoms with E-state index in [1.54, 1.807) is 4.68 Å². The molecule has 1 amide bonds. The minimum Gasteiger partial charge on any atom is -0.494 e. The van der Waals surface area contributed by atoms with E-state index in [0.29, 0.717) is 19.1 Å². The summed E-state index contributed by atoms with van der Waals surface area (Å²) in [7, 11) is 3.77. The zero-order valence-corrected chi connectivity index (χ0v) is 18.7. The zero-order valence-electron chi connectivity index (χ0n) is 18.7. The fourth-order valence-corrected chi connectivity index (χ4v) is 4.16. The number of benzene rings is 1. The number of likely N-dealkylation sites (N-methyl/N-ethyl adjacent to an activating group) is 1. The molecule has 31 heavy (non-hydrogen) atoms. The number of rotatable bonds is 7. The SMILES string of the molecule is CCOc1ccc2nc(N3CCC[C@H]3C(=O)N(C)CCc3cnn(C)c3)nc(C)c2c1. The molecule has 0 unspecified atom stereocenters. The van der Waals surface area contributed by atoms with Gasteiger partial charge in [-0.05, 0) is 56.9 Å². The van der Waals surface area contributed by atoms with E-state index in [0.717, 1.165) is 53.7 Å². The van der Waals surface area contributed by atoms with Crippen molar-refractivity contribution in [3.63, 3.8) is 0 Å². The smallest absolute Gasteiger partial charge is 0.245 e. The van der Waals surface area contributed by atoms with Crippen LogP contribution in [-0.4, -0.2) is 63.3 Å². The lowest BCUT2D eigenvalue weighted by Gasteiger charge is -2.28. The first-order valence-electron chi connectivity index (χ1n) is 10.9. The number of fused-ring (bicyclic) bond motifs is 1. The molecule has 0 radical (unpaired) electrons. The molecule has 0 saturated carbocycles. The van der Waals surface area contributed by atoms with E-state index in [-0.39, 0.29) is 11.9 Å². The number of carbonyl (C=O) groups is 1. The van der Waals surface area contributed by atoms with Gasteiger partial charge in [0.1, 0.15) is 11.8 Å². The van der Waals surface area contributed by atoms with Crippen LogP contribution < -0.4 is 9.64 Å². The third-order valence-electron chi connectivity index (χ3n) is 5.82. The third-order valence-corrected chi connectivity index (χ3v) is 5.82. The summed E-state index contributed by atoms with van der Waals surface area (Å²) in [5, 5.41) is 5.18. The van der Waals surface area contributed by atoms with Crippen molar-refractivity contribution in [1.82, 2.24) is 24.6 Å². The van der Waals surface area contributed by atoms with Gasteiger partial charge in [-0.3, -0.25) is 9.48 Å². The Kier molecular flexibility index (Phi) is 6.06. The van der Waals surface area contributed by atoms with Gasteiger partial charge in [0.25, 0.3) is 0 Å². The largest absolute Gasteiger partial charge is 0.494 e. The maximum atomic E-state index is 13.2. The molecule has 1 aromatic carbocycles. The van der Waals surface area contributed by atoms with Gasteiger partial charge in [-0.15, -0.1) is 0 Å². The van der Waals surface area contributed by atoms with E-state index in [4.69, 9.17) is 14.7 Å². The number of aromatic nitrogens is 4. The number of amides is 1. The molecule has 3 aromatic rings. The Labute approximate surface area is 182 Å². The van der Waals surface area contributed by atoms with Crippen LogP contribution in [0.15, 0.2) is 30.6 Å². The standard InChI is InChI=1S/C23H30N6O2/c1-5-31-18-8-9-20-19(13-18)16(2)25-23(26-20)29-11-6-7-21(29)22(30)27(3)12-10-17-14-24-28(4)15-17/h8-9,13-15,21H,5-7,10-12H2,1-4H3/t21-/m0/s1. The summed E-state index contributed by atoms with van der Waals surface area (Å²) >= 11 is 0. The van der Waals surface area contributed by atoms with Crippen molar-refractivity contribution < 1.29 is 9.53 Å². The number of hydrogen-bond donors (Lipinski definition) is 0. The topological polar surface area (TPSA) is 76.4 Å². The van der Waals surface area contributed by atoms with Crippen LogP contribution >= 0.6 is 0 Å². The molecular formula is C23H30N6O2. The molecule has 1 aliphatic heterocycles. The number of anilines is 1. The number of hydrogen-bond acceptors (Lipinski definition) is 6. The summed E-state index contributed by atoms with van der Waals surface area (Å²) in [5.41, 5.74) is 2.89. The Morgan fingerprint density at radius 3 is 2.90 bits per heavy atom. The summed E-state index contributed by atoms with van der Waals surface area (Å²) < 4.78 is 7.39. The fraction of sp³-hybridized carbons (Fsp3) is 0.478. The van der Waals surface area contributed by atoms with Crippen LogP contribution in [0.5, 0.6) is 5.75 Å². The lowest BCUT2D eigenvalue weighted by atomic mass is 10.1. The van der Waals surface area contributed by atoms with E-state index >= 15 is 0 Å². The van der Waals surface area contributed by atoms with Crippen LogP contribution in [0.1, 0.15) is 31.0 Å². The average Bonchev–Trinajstić information content (AvgIpc) is 3.41. The maximum absolute atomic E-state index is 13.2. The van der Waals surface area contributed by atoms with Gasteiger partial charge >= 0.3 is 0 Å². The molecule has 8 nitrogen and oxygen atoms in total. The molecule has 0 N–H and O–H groups in total. The molecule has 0 aliphatic carbocycles. The van der Waals surface area contributed by atoms with Gasteiger partial charge < -0.3 is 14.5 Å². The minimum absolute atomic E-state index is 0.120. The van der Waals surface area contributed by atoms with Crippen LogP contribution in [0.2, 0.25) is 0 Å². The number of aryl methyl sites for hydroxylation is 2. The van der Waals surface area contributed by atoms with E-state index in [2.05, 4.69) is 10.00 Å². The first-order valence-corrected chi connectivity index (χ1v) is 10.9. The molecule has 1 fully saturated rings. The quantitative estimate of drug-likeness (QED) is 0.583. The van der Waals surface area contributed by atoms with Gasteiger partial charge in [0.2, 0.25) is 11.9 Å². The van der Waals surface area contributed by atoms with Crippen molar-refractivity contribution in [3.05, 3.63) is 41.9 Å². The van der Waals surface area contributed by atoms with Crippen molar-refractivity contribution in [2.75, 3.05) is 31.6 Å². The van der Waals surface area contributed by atoms with Crippen molar-refractivity contribution in [3.8, 4) is 5.75 Å². The lowest BCUT2D eigenvalue weighted by molar-refractivity contribution is -0.131. The van der Waals surface area contributed by atoms with Gasteiger partial charge in [-0.25, -0.2) is 9.97 Å². The highest BCUT2D eigenvalue weighted by Gasteiger charge is 2.34. The predicted molar refractivity (Wildman–Crippen MR) is 120 cm³/mol. The normalized spacial score (nSPS) is 16.1. The van der Waals surface area contributed by atoms with Crippen LogP contribution in [0.4, 0.5) is 5.95 Å². The molecule has 2 aromatic heterocycles. The van der Waals surface area contributed by atoms with Crippen molar-refractivity contribution in [1.29, 1.82) is 0 Å². The molecule has 1 aliphatic rings. The molecular weight excluding hydrogens is 392 g/mol. The summed E-state index contributed by atoms with van der Waals surface area (Å²) in [6.45, 7) is 6.02. The van der Waals surface area contributed by atoms with E-state index in [1.807, 2.05) is 63.4 Å². The highest BCUT2D eigenvalue weighted by Crippen LogP contribution is 2.28. The minimum atomic E-state index is -0.224. The van der Waals surface area contributed by atoms with E-state index in [9.17, 15) is 4.79 Å². The first-order chi connectivity index (χ1) is 15.0. The Balaban J connectivity index is 1.51. The van der Waals surface area contributed by atoms with Crippen LogP contribution in [0.25, 0.3) is 10.9 Å². The van der Waals surface area contributed by atoms with Crippen LogP contribution in [0, 0.1) is 6.92 Å². The number of carbonyl (C=O) groups excluding carboxylic acids is 1. The Morgan fingerprint density at radius 1 is 1.32 bits per heavy atom. The molecule has 3 heterocycles. The van der Waals surface area contributed by atoms with Gasteiger partial charge in [-0.2, -0.15) is 5.10 Å². The highest BCUT2D eigenvalue weighted by molar-refractivity contribution is 5.87. The van der Waals surface area contributed by atoms with Crippen molar-refractivity contribution in [2.45, 2.75) is 39.2 Å². The lowest BCUT2D eigenvalue weighted by Crippen LogP contribution is -2.45. The first kappa shape index (κ1) is 21.1. The van der Waals surface area contributed by atoms with E-state index in [1.165, 1.54) is 0 Å². The molecule has 8 heteroatoms. The van der Waals surface area contributed by atoms with Crippen LogP contribution in [0.3, 0.4) is 0 Å². The Bertz CT molecular complexity index is 1080. The summed E-state index contributed by atoms with van der Waals surface area (Å²) in [6, 6.07) is 5.65. The molecule has 164 valence electrons. The third kappa shape index (κ3) is 4.47. The fourth-order valence-electron chi connectivity index (χ4n) is 4.16. The number of ether oxygens (including phenoxy) is 1. The summed E-state index contributed by atoms with van der Waals surface area (Å²) in [6.07, 6.45) is 6.40. The maximum Gasteiger partial charge on any atom is 0.245 e. The van der Waals surface area contributed by atoms with Crippen LogP contribution in [-0.2, 0) is 18.3 Å². The Morgan fingerprint density at radius 2 is 2.16 bits per heavy atom. The number of nitrogens with zero attached hydrogens (tertiary/aromatic N) is 6. The Hall–Kier alpha value is -3.16. The van der Waals surface area contributed by atoms with Gasteiger partial charge in [0.15, 0.2) is 0 Å². The monoisotopic (exact) mass is 422 g/mol. The molecule has 1 atom stereocenters. The second-order valence-electron chi connectivity index (χ2n) is 8.10. The van der Waals surface area contributed by atoms with Crippen molar-refractivity contribution in [2.24, 2.45) is 7.05 Å².